The van der Waals surface area contributed by atoms with Gasteiger partial charge < -0.3 is 9.47 Å². The first kappa shape index (κ1) is 16.7. The van der Waals surface area contributed by atoms with E-state index in [1.165, 1.54) is 0 Å². The molecule has 0 atom stereocenters. The second kappa shape index (κ2) is 7.58. The van der Waals surface area contributed by atoms with E-state index in [0.717, 1.165) is 28.5 Å². The summed E-state index contributed by atoms with van der Waals surface area (Å²) < 4.78 is 10.4. The Hall–Kier alpha value is -2.62. The average molecular weight is 312 g/mol. The molecule has 0 fully saturated rings. The van der Waals surface area contributed by atoms with Crippen LogP contribution in [0.15, 0.2) is 36.4 Å². The van der Waals surface area contributed by atoms with E-state index in [1.807, 2.05) is 31.2 Å². The van der Waals surface area contributed by atoms with E-state index in [2.05, 4.69) is 0 Å². The molecule has 0 spiro atoms. The van der Waals surface area contributed by atoms with Gasteiger partial charge in [-0.15, -0.1) is 0 Å². The maximum absolute atomic E-state index is 11.7. The monoisotopic (exact) mass is 312 g/mol. The number of benzene rings is 2. The Balaban J connectivity index is 2.50. The van der Waals surface area contributed by atoms with Gasteiger partial charge in [-0.1, -0.05) is 29.8 Å². The highest BCUT2D eigenvalue weighted by Crippen LogP contribution is 2.33. The standard InChI is InChI=1S/C19H20O4/c1-4-23-19(21)11-14-6-8-18(22-3)17(10-14)16-9-13(2)5-7-15(16)12-20/h5-10,12H,4,11H2,1-3H3. The predicted molar refractivity (Wildman–Crippen MR) is 88.9 cm³/mol. The quantitative estimate of drug-likeness (QED) is 0.604. The SMILES string of the molecule is CCOC(=O)Cc1ccc(OC)c(-c2cc(C)ccc2C=O)c1. The fourth-order valence-electron chi connectivity index (χ4n) is 2.46. The normalized spacial score (nSPS) is 10.2. The molecule has 0 N–H and O–H groups in total. The number of carbonyl (C=O) groups excluding carboxylic acids is 2. The van der Waals surface area contributed by atoms with Gasteiger partial charge in [-0.05, 0) is 37.1 Å². The third-order valence-corrected chi connectivity index (χ3v) is 3.54. The second-order valence-electron chi connectivity index (χ2n) is 5.22. The van der Waals surface area contributed by atoms with E-state index in [1.54, 1.807) is 26.2 Å². The minimum atomic E-state index is -0.275. The van der Waals surface area contributed by atoms with Crippen molar-refractivity contribution in [3.05, 3.63) is 53.1 Å². The highest BCUT2D eigenvalue weighted by atomic mass is 16.5. The summed E-state index contributed by atoms with van der Waals surface area (Å²) >= 11 is 0. The molecule has 0 saturated heterocycles. The second-order valence-corrected chi connectivity index (χ2v) is 5.22. The third kappa shape index (κ3) is 3.97. The van der Waals surface area contributed by atoms with Crippen molar-refractivity contribution in [2.24, 2.45) is 0 Å². The van der Waals surface area contributed by atoms with Gasteiger partial charge >= 0.3 is 5.97 Å². The van der Waals surface area contributed by atoms with Gasteiger partial charge in [0.05, 0.1) is 20.1 Å². The van der Waals surface area contributed by atoms with Crippen LogP contribution in [0.3, 0.4) is 0 Å². The van der Waals surface area contributed by atoms with E-state index < -0.39 is 0 Å². The van der Waals surface area contributed by atoms with E-state index in [4.69, 9.17) is 9.47 Å². The highest BCUT2D eigenvalue weighted by molar-refractivity contribution is 5.90. The van der Waals surface area contributed by atoms with Crippen LogP contribution in [0, 0.1) is 6.92 Å². The number of rotatable bonds is 6. The Morgan fingerprint density at radius 3 is 2.57 bits per heavy atom. The summed E-state index contributed by atoms with van der Waals surface area (Å²) in [4.78, 5) is 23.0. The zero-order valence-electron chi connectivity index (χ0n) is 13.6. The molecule has 0 unspecified atom stereocenters. The smallest absolute Gasteiger partial charge is 0.310 e. The van der Waals surface area contributed by atoms with Crippen LogP contribution in [0.4, 0.5) is 0 Å². The maximum atomic E-state index is 11.7. The summed E-state index contributed by atoms with van der Waals surface area (Å²) in [6, 6.07) is 11.1. The summed E-state index contributed by atoms with van der Waals surface area (Å²) in [5.74, 6) is 0.384. The Morgan fingerprint density at radius 2 is 1.91 bits per heavy atom. The molecule has 0 amide bonds. The lowest BCUT2D eigenvalue weighted by Gasteiger charge is -2.13. The summed E-state index contributed by atoms with van der Waals surface area (Å²) in [6.07, 6.45) is 1.01. The minimum Gasteiger partial charge on any atom is -0.496 e. The number of esters is 1. The molecule has 2 rings (SSSR count). The van der Waals surface area contributed by atoms with Crippen molar-refractivity contribution in [2.75, 3.05) is 13.7 Å². The van der Waals surface area contributed by atoms with Gasteiger partial charge in [0, 0.05) is 11.1 Å². The first-order valence-corrected chi connectivity index (χ1v) is 7.47. The molecule has 0 aliphatic carbocycles. The number of carbonyl (C=O) groups is 2. The lowest BCUT2D eigenvalue weighted by Crippen LogP contribution is -2.07. The molecule has 0 bridgehead atoms. The first-order valence-electron chi connectivity index (χ1n) is 7.47. The van der Waals surface area contributed by atoms with Crippen molar-refractivity contribution in [1.29, 1.82) is 0 Å². The van der Waals surface area contributed by atoms with Crippen LogP contribution in [0.5, 0.6) is 5.75 Å². The Kier molecular flexibility index (Phi) is 5.52. The van der Waals surface area contributed by atoms with Gasteiger partial charge in [0.1, 0.15) is 5.75 Å². The largest absolute Gasteiger partial charge is 0.496 e. The molecule has 4 nitrogen and oxygen atoms in total. The number of ether oxygens (including phenoxy) is 2. The summed E-state index contributed by atoms with van der Waals surface area (Å²) in [5.41, 5.74) is 4.03. The number of hydrogen-bond acceptors (Lipinski definition) is 4. The van der Waals surface area contributed by atoms with E-state index in [-0.39, 0.29) is 12.4 Å². The maximum Gasteiger partial charge on any atom is 0.310 e. The van der Waals surface area contributed by atoms with E-state index in [0.29, 0.717) is 17.9 Å². The lowest BCUT2D eigenvalue weighted by atomic mass is 9.95. The van der Waals surface area contributed by atoms with Gasteiger partial charge in [0.15, 0.2) is 6.29 Å². The van der Waals surface area contributed by atoms with Gasteiger partial charge in [-0.3, -0.25) is 9.59 Å². The van der Waals surface area contributed by atoms with E-state index in [9.17, 15) is 9.59 Å². The molecule has 0 radical (unpaired) electrons. The van der Waals surface area contributed by atoms with Gasteiger partial charge in [-0.2, -0.15) is 0 Å². The van der Waals surface area contributed by atoms with Crippen molar-refractivity contribution >= 4 is 12.3 Å². The predicted octanol–water partition coefficient (Wildman–Crippen LogP) is 3.59. The third-order valence-electron chi connectivity index (χ3n) is 3.54. The van der Waals surface area contributed by atoms with Crippen molar-refractivity contribution in [3.63, 3.8) is 0 Å². The van der Waals surface area contributed by atoms with Crippen molar-refractivity contribution in [3.8, 4) is 16.9 Å². The summed E-state index contributed by atoms with van der Waals surface area (Å²) in [5, 5.41) is 0. The van der Waals surface area contributed by atoms with Crippen LogP contribution in [0.2, 0.25) is 0 Å². The molecule has 0 aromatic heterocycles. The van der Waals surface area contributed by atoms with Gasteiger partial charge in [0.25, 0.3) is 0 Å². The Morgan fingerprint density at radius 1 is 1.13 bits per heavy atom. The fourth-order valence-corrected chi connectivity index (χ4v) is 2.46. The Labute approximate surface area is 136 Å². The number of aryl methyl sites for hydroxylation is 1. The summed E-state index contributed by atoms with van der Waals surface area (Å²) in [6.45, 7) is 4.10. The molecule has 2 aromatic rings. The molecule has 0 aliphatic rings. The van der Waals surface area contributed by atoms with Gasteiger partial charge in [0.2, 0.25) is 0 Å². The van der Waals surface area contributed by atoms with Crippen LogP contribution in [-0.2, 0) is 16.0 Å². The molecule has 0 heterocycles. The highest BCUT2D eigenvalue weighted by Gasteiger charge is 2.13. The zero-order valence-corrected chi connectivity index (χ0v) is 13.6. The van der Waals surface area contributed by atoms with Crippen LogP contribution in [-0.4, -0.2) is 26.0 Å². The van der Waals surface area contributed by atoms with Crippen molar-refractivity contribution in [1.82, 2.24) is 0 Å². The fraction of sp³-hybridized carbons (Fsp3) is 0.263. The number of aldehydes is 1. The van der Waals surface area contributed by atoms with Gasteiger partial charge in [-0.25, -0.2) is 0 Å². The number of hydrogen-bond donors (Lipinski definition) is 0. The molecule has 2 aromatic carbocycles. The molecule has 4 heteroatoms. The molecular formula is C19H20O4. The summed E-state index contributed by atoms with van der Waals surface area (Å²) in [7, 11) is 1.58. The van der Waals surface area contributed by atoms with E-state index >= 15 is 0 Å². The zero-order chi connectivity index (χ0) is 16.8. The topological polar surface area (TPSA) is 52.6 Å². The molecule has 120 valence electrons. The molecule has 0 saturated carbocycles. The van der Waals surface area contributed by atoms with Crippen LogP contribution >= 0.6 is 0 Å². The molecule has 0 aliphatic heterocycles. The number of methoxy groups -OCH3 is 1. The average Bonchev–Trinajstić information content (AvgIpc) is 2.55. The molecule has 23 heavy (non-hydrogen) atoms. The lowest BCUT2D eigenvalue weighted by molar-refractivity contribution is -0.142. The van der Waals surface area contributed by atoms with Crippen LogP contribution < -0.4 is 4.74 Å². The molecular weight excluding hydrogens is 292 g/mol. The van der Waals surface area contributed by atoms with Crippen molar-refractivity contribution in [2.45, 2.75) is 20.3 Å². The van der Waals surface area contributed by atoms with Crippen molar-refractivity contribution < 1.29 is 19.1 Å². The Bertz CT molecular complexity index is 719. The minimum absolute atomic E-state index is 0.188. The van der Waals surface area contributed by atoms with Crippen LogP contribution in [0.1, 0.15) is 28.4 Å². The van der Waals surface area contributed by atoms with Crippen LogP contribution in [0.25, 0.3) is 11.1 Å². The first-order chi connectivity index (χ1) is 11.1.